The molecule has 0 amide bonds. The Hall–Kier alpha value is -2.15. The molecule has 1 N–H and O–H groups in total. The zero-order valence-electron chi connectivity index (χ0n) is 14.4. The van der Waals surface area contributed by atoms with Gasteiger partial charge in [0.15, 0.2) is 0 Å². The molecule has 140 valence electrons. The van der Waals surface area contributed by atoms with Gasteiger partial charge >= 0.3 is 11.5 Å². The van der Waals surface area contributed by atoms with Crippen LogP contribution in [0.15, 0.2) is 41.3 Å². The van der Waals surface area contributed by atoms with Gasteiger partial charge in [-0.1, -0.05) is 24.3 Å². The zero-order chi connectivity index (χ0) is 19.3. The molecule has 0 unspecified atom stereocenters. The summed E-state index contributed by atoms with van der Waals surface area (Å²) in [4.78, 5) is 10.8. The summed E-state index contributed by atoms with van der Waals surface area (Å²) in [6.45, 7) is 3.76. The van der Waals surface area contributed by atoms with Crippen LogP contribution in [0.3, 0.4) is 0 Å². The van der Waals surface area contributed by atoms with E-state index in [1.807, 2.05) is 13.8 Å². The number of carbonyl (C=O) groups is 1. The fourth-order valence-electron chi connectivity index (χ4n) is 2.52. The molecule has 2 aromatic carbocycles. The van der Waals surface area contributed by atoms with E-state index in [0.717, 1.165) is 16.7 Å². The van der Waals surface area contributed by atoms with Crippen LogP contribution in [0.5, 0.6) is 5.75 Å². The van der Waals surface area contributed by atoms with Crippen molar-refractivity contribution < 1.29 is 27.8 Å². The lowest BCUT2D eigenvalue weighted by Gasteiger charge is -2.16. The maximum atomic E-state index is 12.7. The van der Waals surface area contributed by atoms with E-state index in [4.69, 9.17) is 9.84 Å². The van der Waals surface area contributed by atoms with Crippen LogP contribution < -0.4 is 4.74 Å². The molecule has 0 radical (unpaired) electrons. The van der Waals surface area contributed by atoms with Crippen LogP contribution in [-0.2, 0) is 17.8 Å². The highest BCUT2D eigenvalue weighted by molar-refractivity contribution is 8.00. The lowest BCUT2D eigenvalue weighted by atomic mass is 9.99. The van der Waals surface area contributed by atoms with Gasteiger partial charge in [-0.2, -0.15) is 13.2 Å². The predicted octanol–water partition coefficient (Wildman–Crippen LogP) is 5.51. The van der Waals surface area contributed by atoms with Crippen molar-refractivity contribution in [1.29, 1.82) is 0 Å². The van der Waals surface area contributed by atoms with Crippen molar-refractivity contribution in [2.45, 2.75) is 43.7 Å². The van der Waals surface area contributed by atoms with E-state index in [0.29, 0.717) is 17.7 Å². The summed E-state index contributed by atoms with van der Waals surface area (Å²) < 4.78 is 43.7. The van der Waals surface area contributed by atoms with Gasteiger partial charge in [0, 0.05) is 16.9 Å². The predicted molar refractivity (Wildman–Crippen MR) is 94.6 cm³/mol. The van der Waals surface area contributed by atoms with Gasteiger partial charge in [0.05, 0.1) is 0 Å². The summed E-state index contributed by atoms with van der Waals surface area (Å²) in [5, 5.41) is 8.80. The minimum atomic E-state index is -4.35. The fraction of sp³-hybridized carbons (Fsp3) is 0.316. The van der Waals surface area contributed by atoms with E-state index in [-0.39, 0.29) is 29.7 Å². The maximum absolute atomic E-state index is 12.7. The molecule has 3 nitrogen and oxygen atoms in total. The van der Waals surface area contributed by atoms with Crippen molar-refractivity contribution in [1.82, 2.24) is 0 Å². The van der Waals surface area contributed by atoms with Crippen LogP contribution in [-0.4, -0.2) is 16.6 Å². The van der Waals surface area contributed by atoms with Crippen molar-refractivity contribution in [3.05, 3.63) is 58.7 Å². The Morgan fingerprint density at radius 1 is 1.08 bits per heavy atom. The lowest BCUT2D eigenvalue weighted by molar-refractivity contribution is -0.136. The number of benzene rings is 2. The molecule has 0 atom stereocenters. The molecule has 0 spiro atoms. The average Bonchev–Trinajstić information content (AvgIpc) is 2.55. The van der Waals surface area contributed by atoms with Gasteiger partial charge < -0.3 is 9.84 Å². The number of thioether (sulfide) groups is 1. The summed E-state index contributed by atoms with van der Waals surface area (Å²) in [5.41, 5.74) is -1.18. The molecule has 2 rings (SSSR count). The summed E-state index contributed by atoms with van der Waals surface area (Å²) in [5.74, 6) is -0.283. The van der Waals surface area contributed by atoms with Crippen molar-refractivity contribution in [3.63, 3.8) is 0 Å². The molecule has 0 heterocycles. The molecular weight excluding hydrogens is 365 g/mol. The van der Waals surface area contributed by atoms with E-state index < -0.39 is 11.5 Å². The van der Waals surface area contributed by atoms with Crippen LogP contribution in [0.1, 0.15) is 28.7 Å². The second-order valence-corrected chi connectivity index (χ2v) is 6.92. The number of carboxylic acids is 1. The topological polar surface area (TPSA) is 46.5 Å². The van der Waals surface area contributed by atoms with E-state index in [1.54, 1.807) is 30.3 Å². The molecule has 0 aromatic heterocycles. The van der Waals surface area contributed by atoms with Crippen molar-refractivity contribution in [2.75, 3.05) is 0 Å². The Labute approximate surface area is 154 Å². The number of rotatable bonds is 7. The van der Waals surface area contributed by atoms with E-state index >= 15 is 0 Å². The molecule has 0 saturated heterocycles. The summed E-state index contributed by atoms with van der Waals surface area (Å²) in [6, 6.07) is 9.80. The quantitative estimate of drug-likeness (QED) is 0.639. The molecule has 0 aliphatic carbocycles. The third-order valence-electron chi connectivity index (χ3n) is 4.04. The molecular formula is C19H19F3O3S. The highest BCUT2D eigenvalue weighted by atomic mass is 32.2. The summed E-state index contributed by atoms with van der Waals surface area (Å²) >= 11 is -0.154. The minimum absolute atomic E-state index is 0.0218. The van der Waals surface area contributed by atoms with Crippen LogP contribution in [0.25, 0.3) is 0 Å². The molecule has 26 heavy (non-hydrogen) atoms. The molecule has 7 heteroatoms. The van der Waals surface area contributed by atoms with Gasteiger partial charge in [0.1, 0.15) is 12.4 Å². The van der Waals surface area contributed by atoms with Crippen LogP contribution >= 0.6 is 11.8 Å². The first-order valence-corrected chi connectivity index (χ1v) is 8.76. The second-order valence-electron chi connectivity index (χ2n) is 5.81. The average molecular weight is 384 g/mol. The number of hydrogen-bond donors (Lipinski definition) is 1. The van der Waals surface area contributed by atoms with E-state index in [2.05, 4.69) is 0 Å². The number of aliphatic carboxylic acids is 1. The third kappa shape index (κ3) is 5.69. The Kier molecular flexibility index (Phi) is 6.58. The smallest absolute Gasteiger partial charge is 0.446 e. The maximum Gasteiger partial charge on any atom is 0.446 e. The summed E-state index contributed by atoms with van der Waals surface area (Å²) in [6.07, 6.45) is 0.468. The molecule has 0 bridgehead atoms. The Balaban J connectivity index is 2.13. The van der Waals surface area contributed by atoms with Crippen LogP contribution in [0.2, 0.25) is 0 Å². The number of alkyl halides is 3. The fourth-order valence-corrected chi connectivity index (χ4v) is 3.18. The number of halogens is 3. The van der Waals surface area contributed by atoms with Crippen molar-refractivity contribution >= 4 is 17.7 Å². The van der Waals surface area contributed by atoms with E-state index in [9.17, 15) is 18.0 Å². The van der Waals surface area contributed by atoms with Gasteiger partial charge in [-0.25, -0.2) is 0 Å². The van der Waals surface area contributed by atoms with Gasteiger partial charge in [0.25, 0.3) is 0 Å². The van der Waals surface area contributed by atoms with E-state index in [1.165, 1.54) is 6.07 Å². The van der Waals surface area contributed by atoms with Gasteiger partial charge in [-0.3, -0.25) is 4.79 Å². The van der Waals surface area contributed by atoms with Crippen LogP contribution in [0, 0.1) is 13.8 Å². The second kappa shape index (κ2) is 8.49. The Morgan fingerprint density at radius 2 is 1.77 bits per heavy atom. The highest BCUT2D eigenvalue weighted by Gasteiger charge is 2.30. The third-order valence-corrected chi connectivity index (χ3v) is 4.89. The van der Waals surface area contributed by atoms with Gasteiger partial charge in [-0.05, 0) is 60.9 Å². The first-order chi connectivity index (χ1) is 12.2. The van der Waals surface area contributed by atoms with Crippen LogP contribution in [0.4, 0.5) is 13.2 Å². The lowest BCUT2D eigenvalue weighted by Crippen LogP contribution is -2.05. The first-order valence-electron chi connectivity index (χ1n) is 7.94. The Bertz CT molecular complexity index is 788. The minimum Gasteiger partial charge on any atom is -0.489 e. The standard InChI is InChI=1S/C19H19F3O3S/c1-12-13(2)16(9-7-14(12)8-10-18(23)24)25-11-15-5-3-4-6-17(15)26-19(20,21)22/h3-7,9H,8,10-11H2,1-2H3,(H,23,24). The first kappa shape index (κ1) is 20.2. The van der Waals surface area contributed by atoms with Crippen molar-refractivity contribution in [3.8, 4) is 5.75 Å². The number of ether oxygens (including phenoxy) is 1. The monoisotopic (exact) mass is 384 g/mol. The molecule has 2 aromatic rings. The van der Waals surface area contributed by atoms with Gasteiger partial charge in [0.2, 0.25) is 0 Å². The molecule has 0 aliphatic rings. The van der Waals surface area contributed by atoms with Gasteiger partial charge in [-0.15, -0.1) is 0 Å². The zero-order valence-corrected chi connectivity index (χ0v) is 15.2. The molecule has 0 saturated carbocycles. The van der Waals surface area contributed by atoms with Crippen molar-refractivity contribution in [2.24, 2.45) is 0 Å². The SMILES string of the molecule is Cc1c(CCC(=O)O)ccc(OCc2ccccc2SC(F)(F)F)c1C. The normalized spacial score (nSPS) is 11.4. The molecule has 0 fully saturated rings. The molecule has 0 aliphatic heterocycles. The number of carboxylic acid groups (broad SMARTS) is 1. The Morgan fingerprint density at radius 3 is 2.42 bits per heavy atom. The highest BCUT2D eigenvalue weighted by Crippen LogP contribution is 2.38. The number of aryl methyl sites for hydroxylation is 1. The number of hydrogen-bond acceptors (Lipinski definition) is 3. The summed E-state index contributed by atoms with van der Waals surface area (Å²) in [7, 11) is 0. The largest absolute Gasteiger partial charge is 0.489 e.